The zero-order valence-corrected chi connectivity index (χ0v) is 15.8. The number of piperidine rings is 1. The average molecular weight is 359 g/mol. The van der Waals surface area contributed by atoms with Crippen molar-refractivity contribution in [3.05, 3.63) is 30.1 Å². The Labute approximate surface area is 155 Å². The molecule has 2 aliphatic rings. The zero-order valence-electron chi connectivity index (χ0n) is 15.8. The number of pyridine rings is 1. The van der Waals surface area contributed by atoms with Crippen LogP contribution in [0.4, 0.5) is 0 Å². The molecule has 6 nitrogen and oxygen atoms in total. The summed E-state index contributed by atoms with van der Waals surface area (Å²) in [6.07, 6.45) is 4.61. The molecule has 0 radical (unpaired) electrons. The Hall–Kier alpha value is -1.95. The molecule has 2 amide bonds. The summed E-state index contributed by atoms with van der Waals surface area (Å²) >= 11 is 0. The Morgan fingerprint density at radius 1 is 1.35 bits per heavy atom. The number of carbonyl (C=O) groups is 2. The fourth-order valence-electron chi connectivity index (χ4n) is 3.93. The van der Waals surface area contributed by atoms with Crippen molar-refractivity contribution in [2.75, 3.05) is 26.2 Å². The summed E-state index contributed by atoms with van der Waals surface area (Å²) < 4.78 is 5.98. The van der Waals surface area contributed by atoms with E-state index in [9.17, 15) is 9.59 Å². The number of hydrogen-bond donors (Lipinski definition) is 0. The van der Waals surface area contributed by atoms with Gasteiger partial charge in [0.25, 0.3) is 0 Å². The SMILES string of the molecule is CCC1(CC)CN(C(=O)[C@H]2CCC(=O)N(Cc3ccccn3)C2)CCO1. The van der Waals surface area contributed by atoms with Gasteiger partial charge in [0.1, 0.15) is 0 Å². The van der Waals surface area contributed by atoms with Crippen LogP contribution in [0, 0.1) is 5.92 Å². The lowest BCUT2D eigenvalue weighted by Gasteiger charge is -2.44. The van der Waals surface area contributed by atoms with E-state index in [1.165, 1.54) is 0 Å². The quantitative estimate of drug-likeness (QED) is 0.809. The number of amides is 2. The number of nitrogens with zero attached hydrogens (tertiary/aromatic N) is 3. The third kappa shape index (κ3) is 4.06. The van der Waals surface area contributed by atoms with Gasteiger partial charge in [0.2, 0.25) is 11.8 Å². The minimum atomic E-state index is -0.216. The third-order valence-electron chi connectivity index (χ3n) is 5.78. The second kappa shape index (κ2) is 8.16. The average Bonchev–Trinajstić information content (AvgIpc) is 2.70. The summed E-state index contributed by atoms with van der Waals surface area (Å²) in [4.78, 5) is 33.4. The van der Waals surface area contributed by atoms with Crippen LogP contribution in [0.3, 0.4) is 0 Å². The van der Waals surface area contributed by atoms with Gasteiger partial charge in [-0.1, -0.05) is 19.9 Å². The van der Waals surface area contributed by atoms with Gasteiger partial charge in [-0.05, 0) is 31.4 Å². The third-order valence-corrected chi connectivity index (χ3v) is 5.78. The smallest absolute Gasteiger partial charge is 0.227 e. The van der Waals surface area contributed by atoms with E-state index in [-0.39, 0.29) is 23.3 Å². The van der Waals surface area contributed by atoms with E-state index in [1.54, 1.807) is 11.1 Å². The van der Waals surface area contributed by atoms with E-state index < -0.39 is 0 Å². The molecule has 0 bridgehead atoms. The molecular formula is C20H29N3O3. The van der Waals surface area contributed by atoms with Crippen LogP contribution in [0.2, 0.25) is 0 Å². The number of aromatic nitrogens is 1. The van der Waals surface area contributed by atoms with Crippen molar-refractivity contribution in [1.29, 1.82) is 0 Å². The molecule has 2 saturated heterocycles. The first kappa shape index (κ1) is 18.8. The molecule has 0 saturated carbocycles. The second-order valence-corrected chi connectivity index (χ2v) is 7.33. The summed E-state index contributed by atoms with van der Waals surface area (Å²) in [6, 6.07) is 5.69. The fourth-order valence-corrected chi connectivity index (χ4v) is 3.93. The Balaban J connectivity index is 1.65. The Kier molecular flexibility index (Phi) is 5.91. The lowest BCUT2D eigenvalue weighted by atomic mass is 9.92. The van der Waals surface area contributed by atoms with Gasteiger partial charge in [-0.2, -0.15) is 0 Å². The van der Waals surface area contributed by atoms with Gasteiger partial charge < -0.3 is 14.5 Å². The predicted octanol–water partition coefficient (Wildman–Crippen LogP) is 2.24. The first-order valence-electron chi connectivity index (χ1n) is 9.67. The Morgan fingerprint density at radius 3 is 2.85 bits per heavy atom. The van der Waals surface area contributed by atoms with Gasteiger partial charge in [0.05, 0.1) is 30.4 Å². The maximum atomic E-state index is 13.1. The monoisotopic (exact) mass is 359 g/mol. The molecule has 2 fully saturated rings. The van der Waals surface area contributed by atoms with Gasteiger partial charge in [-0.25, -0.2) is 0 Å². The molecule has 142 valence electrons. The number of morpholine rings is 1. The van der Waals surface area contributed by atoms with E-state index >= 15 is 0 Å². The second-order valence-electron chi connectivity index (χ2n) is 7.33. The summed E-state index contributed by atoms with van der Waals surface area (Å²) in [6.45, 7) is 7.08. The molecule has 0 spiro atoms. The molecule has 3 heterocycles. The van der Waals surface area contributed by atoms with Crippen molar-refractivity contribution in [2.45, 2.75) is 51.7 Å². The van der Waals surface area contributed by atoms with Gasteiger partial charge in [-0.3, -0.25) is 14.6 Å². The highest BCUT2D eigenvalue weighted by Gasteiger charge is 2.39. The maximum Gasteiger partial charge on any atom is 0.227 e. The Bertz CT molecular complexity index is 630. The highest BCUT2D eigenvalue weighted by atomic mass is 16.5. The molecule has 6 heteroatoms. The van der Waals surface area contributed by atoms with E-state index in [0.29, 0.717) is 45.6 Å². The van der Waals surface area contributed by atoms with Crippen molar-refractivity contribution >= 4 is 11.8 Å². The highest BCUT2D eigenvalue weighted by molar-refractivity contribution is 5.84. The molecule has 2 aliphatic heterocycles. The number of likely N-dealkylation sites (tertiary alicyclic amines) is 1. The fraction of sp³-hybridized carbons (Fsp3) is 0.650. The minimum absolute atomic E-state index is 0.109. The van der Waals surface area contributed by atoms with Crippen LogP contribution in [0.5, 0.6) is 0 Å². The molecule has 1 atom stereocenters. The lowest BCUT2D eigenvalue weighted by molar-refractivity contribution is -0.158. The summed E-state index contributed by atoms with van der Waals surface area (Å²) in [5, 5.41) is 0. The number of rotatable bonds is 5. The largest absolute Gasteiger partial charge is 0.371 e. The summed E-state index contributed by atoms with van der Waals surface area (Å²) in [5.74, 6) is 0.150. The van der Waals surface area contributed by atoms with Crippen LogP contribution >= 0.6 is 0 Å². The van der Waals surface area contributed by atoms with Gasteiger partial charge in [0, 0.05) is 32.3 Å². The predicted molar refractivity (Wildman–Crippen MR) is 98.2 cm³/mol. The normalized spacial score (nSPS) is 23.2. The number of carbonyl (C=O) groups excluding carboxylic acids is 2. The molecule has 0 N–H and O–H groups in total. The van der Waals surface area contributed by atoms with Crippen molar-refractivity contribution in [1.82, 2.24) is 14.8 Å². The molecular weight excluding hydrogens is 330 g/mol. The molecule has 26 heavy (non-hydrogen) atoms. The van der Waals surface area contributed by atoms with Crippen LogP contribution in [-0.2, 0) is 20.9 Å². The van der Waals surface area contributed by atoms with E-state index in [0.717, 1.165) is 18.5 Å². The first-order valence-corrected chi connectivity index (χ1v) is 9.67. The number of ether oxygens (including phenoxy) is 1. The molecule has 3 rings (SSSR count). The first-order chi connectivity index (χ1) is 12.6. The summed E-state index contributed by atoms with van der Waals surface area (Å²) in [7, 11) is 0. The Morgan fingerprint density at radius 2 is 2.15 bits per heavy atom. The zero-order chi connectivity index (χ0) is 18.6. The lowest BCUT2D eigenvalue weighted by Crippen LogP contribution is -2.56. The van der Waals surface area contributed by atoms with Crippen molar-refractivity contribution < 1.29 is 14.3 Å². The minimum Gasteiger partial charge on any atom is -0.371 e. The van der Waals surface area contributed by atoms with Crippen LogP contribution < -0.4 is 0 Å². The van der Waals surface area contributed by atoms with Crippen molar-refractivity contribution in [2.24, 2.45) is 5.92 Å². The van der Waals surface area contributed by atoms with Crippen LogP contribution in [-0.4, -0.2) is 58.4 Å². The van der Waals surface area contributed by atoms with Crippen LogP contribution in [0.15, 0.2) is 24.4 Å². The molecule has 0 unspecified atom stereocenters. The van der Waals surface area contributed by atoms with Gasteiger partial charge in [0.15, 0.2) is 0 Å². The van der Waals surface area contributed by atoms with Crippen LogP contribution in [0.1, 0.15) is 45.2 Å². The van der Waals surface area contributed by atoms with Crippen molar-refractivity contribution in [3.8, 4) is 0 Å². The van der Waals surface area contributed by atoms with E-state index in [2.05, 4.69) is 18.8 Å². The number of hydrogen-bond acceptors (Lipinski definition) is 4. The standard InChI is InChI=1S/C20H29N3O3/c1-3-20(4-2)15-22(11-12-26-20)19(25)16-8-9-18(24)23(13-16)14-17-7-5-6-10-21-17/h5-7,10,16H,3-4,8-9,11-15H2,1-2H3/t16-/m0/s1. The van der Waals surface area contributed by atoms with Gasteiger partial charge >= 0.3 is 0 Å². The maximum absolute atomic E-state index is 13.1. The molecule has 1 aromatic heterocycles. The molecule has 1 aromatic rings. The van der Waals surface area contributed by atoms with E-state index in [1.807, 2.05) is 23.1 Å². The topological polar surface area (TPSA) is 62.7 Å². The molecule has 0 aliphatic carbocycles. The summed E-state index contributed by atoms with van der Waals surface area (Å²) in [5.41, 5.74) is 0.641. The molecule has 0 aromatic carbocycles. The van der Waals surface area contributed by atoms with Gasteiger partial charge in [-0.15, -0.1) is 0 Å². The highest BCUT2D eigenvalue weighted by Crippen LogP contribution is 2.28. The van der Waals surface area contributed by atoms with Crippen molar-refractivity contribution in [3.63, 3.8) is 0 Å². The van der Waals surface area contributed by atoms with Crippen LogP contribution in [0.25, 0.3) is 0 Å². The van der Waals surface area contributed by atoms with E-state index in [4.69, 9.17) is 4.74 Å².